The largest absolute Gasteiger partial charge is 0.334 e. The number of hydrogen-bond acceptors (Lipinski definition) is 2. The van der Waals surface area contributed by atoms with E-state index in [1.807, 2.05) is 11.8 Å². The van der Waals surface area contributed by atoms with Gasteiger partial charge < -0.3 is 9.80 Å². The first-order chi connectivity index (χ1) is 10.1. The predicted octanol–water partition coefficient (Wildman–Crippen LogP) is 2.83. The van der Waals surface area contributed by atoms with E-state index in [1.54, 1.807) is 6.07 Å². The van der Waals surface area contributed by atoms with Gasteiger partial charge in [0.25, 0.3) is 5.91 Å². The average Bonchev–Trinajstić information content (AvgIpc) is 3.08. The summed E-state index contributed by atoms with van der Waals surface area (Å²) in [4.78, 5) is 17.2. The fourth-order valence-corrected chi connectivity index (χ4v) is 3.85. The third kappa shape index (κ3) is 2.69. The average molecular weight is 290 g/mol. The number of likely N-dealkylation sites (tertiary alicyclic amines) is 2. The summed E-state index contributed by atoms with van der Waals surface area (Å²) in [6, 6.07) is 5.23. The van der Waals surface area contributed by atoms with E-state index in [4.69, 9.17) is 0 Å². The van der Waals surface area contributed by atoms with Crippen molar-refractivity contribution in [3.8, 4) is 0 Å². The lowest BCUT2D eigenvalue weighted by atomic mass is 10.0. The zero-order chi connectivity index (χ0) is 15.0. The van der Waals surface area contributed by atoms with E-state index in [0.717, 1.165) is 37.9 Å². The van der Waals surface area contributed by atoms with Crippen LogP contribution in [0.1, 0.15) is 41.6 Å². The van der Waals surface area contributed by atoms with Crippen LogP contribution in [0.2, 0.25) is 0 Å². The maximum Gasteiger partial charge on any atom is 0.254 e. The Labute approximate surface area is 125 Å². The van der Waals surface area contributed by atoms with Crippen LogP contribution in [0.3, 0.4) is 0 Å². The smallest absolute Gasteiger partial charge is 0.254 e. The predicted molar refractivity (Wildman–Crippen MR) is 80.8 cm³/mol. The van der Waals surface area contributed by atoms with Gasteiger partial charge in [-0.25, -0.2) is 4.39 Å². The van der Waals surface area contributed by atoms with E-state index in [1.165, 1.54) is 18.6 Å². The second kappa shape index (κ2) is 5.76. The van der Waals surface area contributed by atoms with Gasteiger partial charge >= 0.3 is 0 Å². The molecule has 0 aliphatic carbocycles. The van der Waals surface area contributed by atoms with Crippen LogP contribution in [0.15, 0.2) is 18.2 Å². The molecule has 114 valence electrons. The molecule has 3 nitrogen and oxygen atoms in total. The van der Waals surface area contributed by atoms with E-state index >= 15 is 0 Å². The first-order valence-electron chi connectivity index (χ1n) is 7.85. The number of hydrogen-bond donors (Lipinski definition) is 0. The lowest BCUT2D eigenvalue weighted by Crippen LogP contribution is -2.47. The number of aryl methyl sites for hydroxylation is 1. The van der Waals surface area contributed by atoms with Gasteiger partial charge in [0.15, 0.2) is 0 Å². The summed E-state index contributed by atoms with van der Waals surface area (Å²) in [5, 5.41) is 0. The molecule has 0 bridgehead atoms. The van der Waals surface area contributed by atoms with Crippen molar-refractivity contribution >= 4 is 5.91 Å². The highest BCUT2D eigenvalue weighted by molar-refractivity contribution is 5.96. The maximum absolute atomic E-state index is 13.5. The molecule has 2 aliphatic heterocycles. The summed E-state index contributed by atoms with van der Waals surface area (Å²) in [5.41, 5.74) is 1.37. The number of carbonyl (C=O) groups is 1. The van der Waals surface area contributed by atoms with Crippen molar-refractivity contribution in [2.24, 2.45) is 0 Å². The van der Waals surface area contributed by atoms with Gasteiger partial charge in [0.2, 0.25) is 0 Å². The molecule has 21 heavy (non-hydrogen) atoms. The summed E-state index contributed by atoms with van der Waals surface area (Å²) < 4.78 is 13.5. The summed E-state index contributed by atoms with van der Waals surface area (Å²) in [7, 11) is 2.14. The fraction of sp³-hybridized carbons (Fsp3) is 0.588. The lowest BCUT2D eigenvalue weighted by molar-refractivity contribution is 0.0663. The number of benzene rings is 1. The van der Waals surface area contributed by atoms with E-state index in [9.17, 15) is 9.18 Å². The molecule has 0 saturated carbocycles. The Balaban J connectivity index is 1.84. The Morgan fingerprint density at radius 1 is 1.19 bits per heavy atom. The molecular formula is C17H23FN2O. The summed E-state index contributed by atoms with van der Waals surface area (Å²) in [5.74, 6) is -0.340. The van der Waals surface area contributed by atoms with Gasteiger partial charge in [-0.1, -0.05) is 6.07 Å². The Morgan fingerprint density at radius 3 is 2.62 bits per heavy atom. The summed E-state index contributed by atoms with van der Waals surface area (Å²) in [6.07, 6.45) is 4.48. The van der Waals surface area contributed by atoms with Crippen molar-refractivity contribution in [1.29, 1.82) is 0 Å². The Bertz CT molecular complexity index is 546. The van der Waals surface area contributed by atoms with Crippen molar-refractivity contribution in [3.05, 3.63) is 35.1 Å². The van der Waals surface area contributed by atoms with Crippen molar-refractivity contribution in [3.63, 3.8) is 0 Å². The van der Waals surface area contributed by atoms with Gasteiger partial charge in [0, 0.05) is 24.2 Å². The molecule has 0 N–H and O–H groups in total. The third-order valence-corrected chi connectivity index (χ3v) is 5.01. The Hall–Kier alpha value is -1.42. The molecule has 2 atom stereocenters. The Kier molecular flexibility index (Phi) is 3.98. The fourth-order valence-electron chi connectivity index (χ4n) is 3.85. The van der Waals surface area contributed by atoms with E-state index in [0.29, 0.717) is 11.6 Å². The Morgan fingerprint density at radius 2 is 1.90 bits per heavy atom. The summed E-state index contributed by atoms with van der Waals surface area (Å²) in [6.45, 7) is 3.78. The van der Waals surface area contributed by atoms with Gasteiger partial charge in [-0.2, -0.15) is 0 Å². The highest BCUT2D eigenvalue weighted by Crippen LogP contribution is 2.30. The minimum atomic E-state index is -0.335. The summed E-state index contributed by atoms with van der Waals surface area (Å²) >= 11 is 0. The van der Waals surface area contributed by atoms with Gasteiger partial charge in [-0.05, 0) is 63.9 Å². The quantitative estimate of drug-likeness (QED) is 0.836. The van der Waals surface area contributed by atoms with Crippen LogP contribution in [-0.2, 0) is 0 Å². The van der Waals surface area contributed by atoms with Gasteiger partial charge in [-0.15, -0.1) is 0 Å². The normalized spacial score (nSPS) is 26.5. The number of nitrogens with zero attached hydrogens (tertiary/aromatic N) is 2. The number of halogens is 1. The van der Waals surface area contributed by atoms with Crippen LogP contribution in [-0.4, -0.2) is 47.9 Å². The van der Waals surface area contributed by atoms with Crippen LogP contribution in [0.4, 0.5) is 4.39 Å². The zero-order valence-electron chi connectivity index (χ0n) is 12.8. The van der Waals surface area contributed by atoms with Crippen molar-refractivity contribution < 1.29 is 9.18 Å². The third-order valence-electron chi connectivity index (χ3n) is 5.01. The van der Waals surface area contributed by atoms with Crippen molar-refractivity contribution in [2.75, 3.05) is 20.1 Å². The molecule has 0 aromatic heterocycles. The SMILES string of the molecule is Cc1ccc(F)cc1C(=O)N1CCC[C@@H]1[C@H]1CCCN1C. The molecule has 0 unspecified atom stereocenters. The minimum absolute atomic E-state index is 0.00481. The molecule has 2 fully saturated rings. The van der Waals surface area contributed by atoms with Crippen LogP contribution >= 0.6 is 0 Å². The minimum Gasteiger partial charge on any atom is -0.334 e. The van der Waals surface area contributed by atoms with Crippen LogP contribution < -0.4 is 0 Å². The van der Waals surface area contributed by atoms with Crippen molar-refractivity contribution in [1.82, 2.24) is 9.80 Å². The van der Waals surface area contributed by atoms with Crippen LogP contribution in [0.25, 0.3) is 0 Å². The number of rotatable bonds is 2. The molecular weight excluding hydrogens is 267 g/mol. The topological polar surface area (TPSA) is 23.6 Å². The molecule has 1 aromatic rings. The first kappa shape index (κ1) is 14.5. The van der Waals surface area contributed by atoms with Gasteiger partial charge in [0.05, 0.1) is 0 Å². The second-order valence-corrected chi connectivity index (χ2v) is 6.36. The van der Waals surface area contributed by atoms with E-state index in [-0.39, 0.29) is 17.8 Å². The molecule has 4 heteroatoms. The first-order valence-corrected chi connectivity index (χ1v) is 7.85. The highest BCUT2D eigenvalue weighted by Gasteiger charge is 2.38. The van der Waals surface area contributed by atoms with Gasteiger partial charge in [-0.3, -0.25) is 4.79 Å². The molecule has 0 radical (unpaired) electrons. The molecule has 3 rings (SSSR count). The standard InChI is InChI=1S/C17H23FN2O/c1-12-7-8-13(18)11-14(12)17(21)20-10-4-6-16(20)15-5-3-9-19(15)2/h7-8,11,15-16H,3-6,9-10H2,1-2H3/t15-,16-/m1/s1. The van der Waals surface area contributed by atoms with Crippen LogP contribution in [0, 0.1) is 12.7 Å². The molecule has 0 spiro atoms. The maximum atomic E-state index is 13.5. The second-order valence-electron chi connectivity index (χ2n) is 6.36. The molecule has 2 saturated heterocycles. The molecule has 2 aliphatic rings. The monoisotopic (exact) mass is 290 g/mol. The van der Waals surface area contributed by atoms with E-state index in [2.05, 4.69) is 11.9 Å². The van der Waals surface area contributed by atoms with Crippen molar-refractivity contribution in [2.45, 2.75) is 44.7 Å². The zero-order valence-corrected chi connectivity index (χ0v) is 12.8. The highest BCUT2D eigenvalue weighted by atomic mass is 19.1. The number of carbonyl (C=O) groups excluding carboxylic acids is 1. The molecule has 1 amide bonds. The van der Waals surface area contributed by atoms with Crippen LogP contribution in [0.5, 0.6) is 0 Å². The lowest BCUT2D eigenvalue weighted by Gasteiger charge is -2.33. The number of amides is 1. The molecule has 2 heterocycles. The number of likely N-dealkylation sites (N-methyl/N-ethyl adjacent to an activating group) is 1. The van der Waals surface area contributed by atoms with E-state index < -0.39 is 0 Å². The molecule has 1 aromatic carbocycles. The van der Waals surface area contributed by atoms with Gasteiger partial charge in [0.1, 0.15) is 5.82 Å².